The van der Waals surface area contributed by atoms with Gasteiger partial charge in [0.15, 0.2) is 0 Å². The Morgan fingerprint density at radius 3 is 2.95 bits per heavy atom. The van der Waals surface area contributed by atoms with E-state index in [1.807, 2.05) is 30.9 Å². The zero-order valence-electron chi connectivity index (χ0n) is 11.5. The fourth-order valence-electron chi connectivity index (χ4n) is 2.53. The van der Waals surface area contributed by atoms with Gasteiger partial charge >= 0.3 is 0 Å². The summed E-state index contributed by atoms with van der Waals surface area (Å²) in [5.41, 5.74) is 2.18. The molecule has 0 radical (unpaired) electrons. The van der Waals surface area contributed by atoms with E-state index in [9.17, 15) is 0 Å². The molecule has 0 aromatic carbocycles. The first kappa shape index (κ1) is 13.3. The van der Waals surface area contributed by atoms with Crippen molar-refractivity contribution in [1.29, 1.82) is 0 Å². The molecule has 5 nitrogen and oxygen atoms in total. The highest BCUT2D eigenvalue weighted by molar-refractivity contribution is 5.57. The number of pyridine rings is 1. The molecule has 1 fully saturated rings. The third kappa shape index (κ3) is 3.23. The number of hydrogen-bond acceptors (Lipinski definition) is 4. The van der Waals surface area contributed by atoms with Crippen LogP contribution in [0.3, 0.4) is 0 Å². The highest BCUT2D eigenvalue weighted by Gasteiger charge is 2.13. The Hall–Kier alpha value is -1.72. The van der Waals surface area contributed by atoms with Gasteiger partial charge in [-0.3, -0.25) is 4.98 Å². The van der Waals surface area contributed by atoms with E-state index in [0.29, 0.717) is 6.10 Å². The van der Waals surface area contributed by atoms with Crippen molar-refractivity contribution in [2.45, 2.75) is 25.5 Å². The Morgan fingerprint density at radius 2 is 2.15 bits per heavy atom. The maximum Gasteiger partial charge on any atom is 0.0951 e. The molecule has 1 aliphatic heterocycles. The van der Waals surface area contributed by atoms with Crippen molar-refractivity contribution in [3.8, 4) is 11.3 Å². The standard InChI is InChI=1S/C15H20N4O/c1-2-13(10-17-5-1)15-11-18-12-19(15)8-9-20-14-3-6-16-7-4-14/h1-2,5,10-12,14,16H,3-4,6-9H2. The Balaban J connectivity index is 1.57. The van der Waals surface area contributed by atoms with Crippen LogP contribution in [0.5, 0.6) is 0 Å². The molecule has 106 valence electrons. The van der Waals surface area contributed by atoms with Gasteiger partial charge in [-0.2, -0.15) is 0 Å². The fraction of sp³-hybridized carbons (Fsp3) is 0.467. The van der Waals surface area contributed by atoms with Gasteiger partial charge in [-0.15, -0.1) is 0 Å². The number of imidazole rings is 1. The van der Waals surface area contributed by atoms with Crippen LogP contribution in [-0.4, -0.2) is 40.3 Å². The SMILES string of the molecule is c1cncc(-c2cncn2CCOC2CCNCC2)c1. The summed E-state index contributed by atoms with van der Waals surface area (Å²) in [7, 11) is 0. The van der Waals surface area contributed by atoms with E-state index >= 15 is 0 Å². The van der Waals surface area contributed by atoms with Crippen LogP contribution in [0, 0.1) is 0 Å². The van der Waals surface area contributed by atoms with Crippen LogP contribution in [-0.2, 0) is 11.3 Å². The van der Waals surface area contributed by atoms with E-state index in [0.717, 1.165) is 50.3 Å². The van der Waals surface area contributed by atoms with Crippen molar-refractivity contribution in [1.82, 2.24) is 19.9 Å². The second kappa shape index (κ2) is 6.63. The zero-order chi connectivity index (χ0) is 13.6. The van der Waals surface area contributed by atoms with Crippen LogP contribution in [0.2, 0.25) is 0 Å². The smallest absolute Gasteiger partial charge is 0.0951 e. The summed E-state index contributed by atoms with van der Waals surface area (Å²) in [6, 6.07) is 3.99. The lowest BCUT2D eigenvalue weighted by molar-refractivity contribution is 0.0286. The molecule has 0 saturated carbocycles. The third-order valence-corrected chi connectivity index (χ3v) is 3.64. The van der Waals surface area contributed by atoms with Crippen molar-refractivity contribution in [2.24, 2.45) is 0 Å². The second-order valence-corrected chi connectivity index (χ2v) is 5.03. The monoisotopic (exact) mass is 272 g/mol. The zero-order valence-corrected chi connectivity index (χ0v) is 11.5. The van der Waals surface area contributed by atoms with E-state index in [-0.39, 0.29) is 0 Å². The first-order valence-electron chi connectivity index (χ1n) is 7.16. The maximum atomic E-state index is 5.94. The predicted molar refractivity (Wildman–Crippen MR) is 77.3 cm³/mol. The van der Waals surface area contributed by atoms with E-state index in [4.69, 9.17) is 4.74 Å². The topological polar surface area (TPSA) is 52.0 Å². The Bertz CT molecular complexity index is 520. The van der Waals surface area contributed by atoms with Crippen molar-refractivity contribution in [3.63, 3.8) is 0 Å². The molecule has 0 spiro atoms. The molecular formula is C15H20N4O. The van der Waals surface area contributed by atoms with Crippen molar-refractivity contribution >= 4 is 0 Å². The lowest BCUT2D eigenvalue weighted by Gasteiger charge is -2.23. The molecule has 0 aliphatic carbocycles. The van der Waals surface area contributed by atoms with Gasteiger partial charge in [-0.05, 0) is 38.1 Å². The van der Waals surface area contributed by atoms with Crippen LogP contribution in [0.15, 0.2) is 37.1 Å². The molecule has 0 bridgehead atoms. The summed E-state index contributed by atoms with van der Waals surface area (Å²) in [5.74, 6) is 0. The minimum atomic E-state index is 0.404. The van der Waals surface area contributed by atoms with Crippen LogP contribution in [0.1, 0.15) is 12.8 Å². The van der Waals surface area contributed by atoms with Gasteiger partial charge in [-0.25, -0.2) is 4.98 Å². The number of nitrogens with one attached hydrogen (secondary N) is 1. The van der Waals surface area contributed by atoms with Crippen LogP contribution >= 0.6 is 0 Å². The van der Waals surface area contributed by atoms with E-state index in [1.54, 1.807) is 6.20 Å². The first-order chi connectivity index (χ1) is 9.93. The molecule has 2 aromatic heterocycles. The molecule has 1 N–H and O–H groups in total. The predicted octanol–water partition coefficient (Wildman–Crippen LogP) is 1.71. The lowest BCUT2D eigenvalue weighted by Crippen LogP contribution is -2.33. The number of aromatic nitrogens is 3. The molecule has 3 heterocycles. The summed E-state index contributed by atoms with van der Waals surface area (Å²) in [4.78, 5) is 8.39. The molecular weight excluding hydrogens is 252 g/mol. The number of nitrogens with zero attached hydrogens (tertiary/aromatic N) is 3. The van der Waals surface area contributed by atoms with E-state index in [2.05, 4.69) is 19.9 Å². The lowest BCUT2D eigenvalue weighted by atomic mass is 10.1. The van der Waals surface area contributed by atoms with Gasteiger partial charge in [0.1, 0.15) is 0 Å². The second-order valence-electron chi connectivity index (χ2n) is 5.03. The first-order valence-corrected chi connectivity index (χ1v) is 7.16. The quantitative estimate of drug-likeness (QED) is 0.900. The van der Waals surface area contributed by atoms with Crippen molar-refractivity contribution in [2.75, 3.05) is 19.7 Å². The normalized spacial score (nSPS) is 16.4. The molecule has 20 heavy (non-hydrogen) atoms. The van der Waals surface area contributed by atoms with Crippen LogP contribution in [0.25, 0.3) is 11.3 Å². The van der Waals surface area contributed by atoms with E-state index in [1.165, 1.54) is 0 Å². The van der Waals surface area contributed by atoms with Crippen molar-refractivity contribution in [3.05, 3.63) is 37.1 Å². The molecule has 0 atom stereocenters. The summed E-state index contributed by atoms with van der Waals surface area (Å²) >= 11 is 0. The largest absolute Gasteiger partial charge is 0.376 e. The fourth-order valence-corrected chi connectivity index (χ4v) is 2.53. The molecule has 0 unspecified atom stereocenters. The average molecular weight is 272 g/mol. The van der Waals surface area contributed by atoms with Gasteiger partial charge < -0.3 is 14.6 Å². The summed E-state index contributed by atoms with van der Waals surface area (Å²) in [5, 5.41) is 3.35. The number of rotatable bonds is 5. The van der Waals surface area contributed by atoms with Gasteiger partial charge in [0.2, 0.25) is 0 Å². The minimum Gasteiger partial charge on any atom is -0.376 e. The summed E-state index contributed by atoms with van der Waals surface area (Å²) in [6.07, 6.45) is 10.0. The van der Waals surface area contributed by atoms with Gasteiger partial charge in [-0.1, -0.05) is 0 Å². The molecule has 2 aromatic rings. The average Bonchev–Trinajstić information content (AvgIpc) is 2.98. The van der Waals surface area contributed by atoms with Gasteiger partial charge in [0, 0.05) is 24.5 Å². The van der Waals surface area contributed by atoms with Gasteiger partial charge in [0.25, 0.3) is 0 Å². The number of hydrogen-bond donors (Lipinski definition) is 1. The maximum absolute atomic E-state index is 5.94. The Morgan fingerprint density at radius 1 is 1.25 bits per heavy atom. The molecule has 3 rings (SSSR count). The third-order valence-electron chi connectivity index (χ3n) is 3.64. The highest BCUT2D eigenvalue weighted by Crippen LogP contribution is 2.17. The molecule has 1 saturated heterocycles. The van der Waals surface area contributed by atoms with Crippen molar-refractivity contribution < 1.29 is 4.74 Å². The van der Waals surface area contributed by atoms with Crippen LogP contribution < -0.4 is 5.32 Å². The molecule has 1 aliphatic rings. The molecule has 0 amide bonds. The van der Waals surface area contributed by atoms with Gasteiger partial charge in [0.05, 0.1) is 30.9 Å². The highest BCUT2D eigenvalue weighted by atomic mass is 16.5. The Kier molecular flexibility index (Phi) is 4.40. The van der Waals surface area contributed by atoms with Crippen LogP contribution in [0.4, 0.5) is 0 Å². The molecule has 5 heteroatoms. The Labute approximate surface area is 119 Å². The van der Waals surface area contributed by atoms with E-state index < -0.39 is 0 Å². The minimum absolute atomic E-state index is 0.404. The number of piperidine rings is 1. The number of ether oxygens (including phenoxy) is 1. The summed E-state index contributed by atoms with van der Waals surface area (Å²) in [6.45, 7) is 3.69. The summed E-state index contributed by atoms with van der Waals surface area (Å²) < 4.78 is 8.07.